The maximum atomic E-state index is 10.9. The molecule has 5 nitrogen and oxygen atoms in total. The molecule has 1 heterocycles. The number of nitrogens with zero attached hydrogens (tertiary/aromatic N) is 2. The fraction of sp³-hybridized carbons (Fsp3) is 0.375. The number of ether oxygens (including phenoxy) is 1. The van der Waals surface area contributed by atoms with Crippen LogP contribution in [0.15, 0.2) is 30.3 Å². The lowest BCUT2D eigenvalue weighted by atomic mass is 10.0. The lowest BCUT2D eigenvalue weighted by Gasteiger charge is -2.09. The molecule has 0 fully saturated rings. The zero-order valence-electron chi connectivity index (χ0n) is 12.5. The number of aryl methyl sites for hydroxylation is 2. The van der Waals surface area contributed by atoms with Gasteiger partial charge >= 0.3 is 5.97 Å². The molecular weight excluding hydrogens is 268 g/mol. The number of rotatable bonds is 6. The number of benzene rings is 1. The van der Waals surface area contributed by atoms with Crippen molar-refractivity contribution in [3.8, 4) is 11.3 Å². The molecule has 5 heteroatoms. The van der Waals surface area contributed by atoms with E-state index in [9.17, 15) is 4.79 Å². The van der Waals surface area contributed by atoms with Gasteiger partial charge in [-0.15, -0.1) is 0 Å². The summed E-state index contributed by atoms with van der Waals surface area (Å²) in [5.74, 6) is -1.01. The summed E-state index contributed by atoms with van der Waals surface area (Å²) in [6.07, 6.45) is 2.19. The molecule has 112 valence electrons. The molecule has 2 aromatic rings. The Morgan fingerprint density at radius 1 is 1.38 bits per heavy atom. The predicted octanol–water partition coefficient (Wildman–Crippen LogP) is 2.75. The van der Waals surface area contributed by atoms with Crippen LogP contribution in [0.3, 0.4) is 0 Å². The molecule has 1 unspecified atom stereocenters. The van der Waals surface area contributed by atoms with Crippen LogP contribution >= 0.6 is 0 Å². The molecule has 2 rings (SSSR count). The van der Waals surface area contributed by atoms with E-state index in [4.69, 9.17) is 9.84 Å². The number of hydrogen-bond donors (Lipinski definition) is 1. The molecule has 0 saturated heterocycles. The second kappa shape index (κ2) is 6.54. The quantitative estimate of drug-likeness (QED) is 0.887. The van der Waals surface area contributed by atoms with Gasteiger partial charge in [0, 0.05) is 14.2 Å². The maximum Gasteiger partial charge on any atom is 0.356 e. The van der Waals surface area contributed by atoms with Crippen molar-refractivity contribution in [3.63, 3.8) is 0 Å². The van der Waals surface area contributed by atoms with E-state index in [-0.39, 0.29) is 11.8 Å². The first kappa shape index (κ1) is 15.3. The first-order valence-electron chi connectivity index (χ1n) is 6.90. The Bertz CT molecular complexity index is 617. The van der Waals surface area contributed by atoms with Crippen LogP contribution in [0, 0.1) is 0 Å². The van der Waals surface area contributed by atoms with Crippen LogP contribution in [0.25, 0.3) is 11.3 Å². The van der Waals surface area contributed by atoms with Gasteiger partial charge in [-0.05, 0) is 37.0 Å². The minimum atomic E-state index is -1.01. The molecule has 0 aliphatic carbocycles. The second-order valence-corrected chi connectivity index (χ2v) is 5.13. The van der Waals surface area contributed by atoms with E-state index in [1.807, 2.05) is 12.1 Å². The topological polar surface area (TPSA) is 64.3 Å². The van der Waals surface area contributed by atoms with Crippen molar-refractivity contribution < 1.29 is 14.6 Å². The summed E-state index contributed by atoms with van der Waals surface area (Å²) < 4.78 is 6.83. The minimum absolute atomic E-state index is 0.0606. The van der Waals surface area contributed by atoms with Gasteiger partial charge in [-0.25, -0.2) is 4.79 Å². The van der Waals surface area contributed by atoms with Crippen molar-refractivity contribution in [1.29, 1.82) is 0 Å². The highest BCUT2D eigenvalue weighted by molar-refractivity contribution is 5.87. The second-order valence-electron chi connectivity index (χ2n) is 5.13. The van der Waals surface area contributed by atoms with Crippen molar-refractivity contribution in [2.45, 2.75) is 25.9 Å². The Morgan fingerprint density at radius 2 is 2.05 bits per heavy atom. The molecule has 21 heavy (non-hydrogen) atoms. The van der Waals surface area contributed by atoms with Crippen molar-refractivity contribution in [2.24, 2.45) is 7.05 Å². The van der Waals surface area contributed by atoms with E-state index in [2.05, 4.69) is 24.2 Å². The van der Waals surface area contributed by atoms with Crippen molar-refractivity contribution in [1.82, 2.24) is 9.78 Å². The fourth-order valence-corrected chi connectivity index (χ4v) is 2.17. The van der Waals surface area contributed by atoms with Crippen LogP contribution in [-0.2, 0) is 18.2 Å². The molecule has 1 aromatic carbocycles. The molecule has 0 bridgehead atoms. The fourth-order valence-electron chi connectivity index (χ4n) is 2.17. The lowest BCUT2D eigenvalue weighted by molar-refractivity contribution is 0.0689. The Kier molecular flexibility index (Phi) is 4.75. The molecule has 1 N–H and O–H groups in total. The van der Waals surface area contributed by atoms with E-state index in [1.165, 1.54) is 5.56 Å². The summed E-state index contributed by atoms with van der Waals surface area (Å²) in [6.45, 7) is 2.05. The van der Waals surface area contributed by atoms with E-state index in [1.54, 1.807) is 24.9 Å². The van der Waals surface area contributed by atoms with Crippen molar-refractivity contribution >= 4 is 5.97 Å². The molecule has 0 amide bonds. The van der Waals surface area contributed by atoms with E-state index in [0.717, 1.165) is 24.1 Å². The van der Waals surface area contributed by atoms with Gasteiger partial charge in [0.25, 0.3) is 0 Å². The summed E-state index contributed by atoms with van der Waals surface area (Å²) in [7, 11) is 3.46. The molecule has 0 aliphatic heterocycles. The molecular formula is C16H20N2O3. The number of aromatic nitrogens is 2. The number of aromatic carboxylic acids is 1. The molecule has 0 spiro atoms. The lowest BCUT2D eigenvalue weighted by Crippen LogP contribution is -2.05. The molecule has 0 radical (unpaired) electrons. The highest BCUT2D eigenvalue weighted by Gasteiger charge is 2.12. The number of carbonyl (C=O) groups is 1. The number of methoxy groups -OCH3 is 1. The molecule has 1 aromatic heterocycles. The Balaban J connectivity index is 2.13. The van der Waals surface area contributed by atoms with Gasteiger partial charge < -0.3 is 9.84 Å². The normalized spacial score (nSPS) is 12.3. The highest BCUT2D eigenvalue weighted by Crippen LogP contribution is 2.21. The van der Waals surface area contributed by atoms with E-state index >= 15 is 0 Å². The number of carboxylic acids is 1. The van der Waals surface area contributed by atoms with Crippen LogP contribution in [0.2, 0.25) is 0 Å². The predicted molar refractivity (Wildman–Crippen MR) is 80.4 cm³/mol. The van der Waals surface area contributed by atoms with Gasteiger partial charge in [0.2, 0.25) is 0 Å². The van der Waals surface area contributed by atoms with Crippen LogP contribution in [0.4, 0.5) is 0 Å². The van der Waals surface area contributed by atoms with Crippen molar-refractivity contribution in [3.05, 3.63) is 41.6 Å². The Hall–Kier alpha value is -2.14. The van der Waals surface area contributed by atoms with Crippen LogP contribution in [0.5, 0.6) is 0 Å². The summed E-state index contributed by atoms with van der Waals surface area (Å²) in [6, 6.07) is 9.70. The Morgan fingerprint density at radius 3 is 2.57 bits per heavy atom. The highest BCUT2D eigenvalue weighted by atomic mass is 16.5. The summed E-state index contributed by atoms with van der Waals surface area (Å²) in [5.41, 5.74) is 3.05. The van der Waals surface area contributed by atoms with E-state index < -0.39 is 5.97 Å². The number of carboxylic acid groups (broad SMARTS) is 1. The van der Waals surface area contributed by atoms with Gasteiger partial charge in [-0.2, -0.15) is 5.10 Å². The first-order valence-corrected chi connectivity index (χ1v) is 6.90. The first-order chi connectivity index (χ1) is 10.0. The van der Waals surface area contributed by atoms with Gasteiger partial charge in [-0.3, -0.25) is 4.68 Å². The van der Waals surface area contributed by atoms with Gasteiger partial charge in [-0.1, -0.05) is 24.3 Å². The average Bonchev–Trinajstić information content (AvgIpc) is 2.87. The summed E-state index contributed by atoms with van der Waals surface area (Å²) >= 11 is 0. The zero-order valence-corrected chi connectivity index (χ0v) is 12.5. The van der Waals surface area contributed by atoms with Gasteiger partial charge in [0.1, 0.15) is 0 Å². The largest absolute Gasteiger partial charge is 0.476 e. The molecule has 0 saturated carbocycles. The maximum absolute atomic E-state index is 10.9. The number of hydrogen-bond acceptors (Lipinski definition) is 3. The third-order valence-corrected chi connectivity index (χ3v) is 3.59. The van der Waals surface area contributed by atoms with Crippen LogP contribution < -0.4 is 0 Å². The third-order valence-electron chi connectivity index (χ3n) is 3.59. The zero-order chi connectivity index (χ0) is 15.4. The SMILES string of the molecule is COC(C)CCc1ccc(-c2cc(C(=O)O)nn2C)cc1. The smallest absolute Gasteiger partial charge is 0.356 e. The third kappa shape index (κ3) is 3.70. The van der Waals surface area contributed by atoms with Crippen LogP contribution in [0.1, 0.15) is 29.4 Å². The average molecular weight is 288 g/mol. The summed E-state index contributed by atoms with van der Waals surface area (Å²) in [4.78, 5) is 10.9. The monoisotopic (exact) mass is 288 g/mol. The van der Waals surface area contributed by atoms with Crippen LogP contribution in [-0.4, -0.2) is 34.1 Å². The molecule has 1 atom stereocenters. The minimum Gasteiger partial charge on any atom is -0.476 e. The standard InChI is InChI=1S/C16H20N2O3/c1-11(21-3)4-5-12-6-8-13(9-7-12)15-10-14(16(19)20)17-18(15)2/h6-11H,4-5H2,1-3H3,(H,19,20). The van der Waals surface area contributed by atoms with Crippen molar-refractivity contribution in [2.75, 3.05) is 7.11 Å². The Labute approximate surface area is 124 Å². The molecule has 0 aliphatic rings. The van der Waals surface area contributed by atoms with E-state index in [0.29, 0.717) is 0 Å². The summed E-state index contributed by atoms with van der Waals surface area (Å²) in [5, 5.41) is 13.0. The van der Waals surface area contributed by atoms with Gasteiger partial charge in [0.15, 0.2) is 5.69 Å². The van der Waals surface area contributed by atoms with Gasteiger partial charge in [0.05, 0.1) is 11.8 Å².